The summed E-state index contributed by atoms with van der Waals surface area (Å²) in [6.45, 7) is 5.15. The lowest BCUT2D eigenvalue weighted by Gasteiger charge is -2.15. The van der Waals surface area contributed by atoms with Gasteiger partial charge in [0.2, 0.25) is 5.91 Å². The molecule has 0 aliphatic carbocycles. The van der Waals surface area contributed by atoms with E-state index in [1.807, 2.05) is 53.7 Å². The molecule has 0 N–H and O–H groups in total. The lowest BCUT2D eigenvalue weighted by molar-refractivity contribution is -0.131. The average molecular weight is 321 g/mol. The summed E-state index contributed by atoms with van der Waals surface area (Å²) in [5.41, 5.74) is 4.76. The van der Waals surface area contributed by atoms with Gasteiger partial charge in [0.05, 0.1) is 30.0 Å². The largest absolute Gasteiger partial charge is 0.332 e. The van der Waals surface area contributed by atoms with Crippen molar-refractivity contribution in [2.24, 2.45) is 0 Å². The van der Waals surface area contributed by atoms with Gasteiger partial charge in [0.15, 0.2) is 0 Å². The normalized spacial score (nSPS) is 13.5. The van der Waals surface area contributed by atoms with Crippen LogP contribution in [0.3, 0.4) is 0 Å². The van der Waals surface area contributed by atoms with Crippen LogP contribution in [0.15, 0.2) is 30.6 Å². The predicted molar refractivity (Wildman–Crippen MR) is 89.3 cm³/mol. The van der Waals surface area contributed by atoms with E-state index < -0.39 is 0 Å². The predicted octanol–water partition coefficient (Wildman–Crippen LogP) is 2.08. The SMILES string of the molecule is CCc1ncc2c(n1)CN(C(=O)Cc1c(C)nc3ccccn13)C2. The number of hydrogen-bond acceptors (Lipinski definition) is 4. The van der Waals surface area contributed by atoms with Crippen LogP contribution in [-0.2, 0) is 30.7 Å². The maximum atomic E-state index is 12.8. The second-order valence-electron chi connectivity index (χ2n) is 6.11. The number of pyridine rings is 1. The van der Waals surface area contributed by atoms with Gasteiger partial charge in [0.25, 0.3) is 0 Å². The highest BCUT2D eigenvalue weighted by atomic mass is 16.2. The van der Waals surface area contributed by atoms with Crippen LogP contribution in [0.4, 0.5) is 0 Å². The first kappa shape index (κ1) is 14.8. The van der Waals surface area contributed by atoms with E-state index in [0.29, 0.717) is 19.5 Å². The van der Waals surface area contributed by atoms with E-state index in [9.17, 15) is 4.79 Å². The highest BCUT2D eigenvalue weighted by Crippen LogP contribution is 2.22. The van der Waals surface area contributed by atoms with E-state index in [1.165, 1.54) is 0 Å². The van der Waals surface area contributed by atoms with Crippen molar-refractivity contribution in [3.8, 4) is 0 Å². The molecule has 1 amide bonds. The lowest BCUT2D eigenvalue weighted by atomic mass is 10.2. The third-order valence-electron chi connectivity index (χ3n) is 4.52. The minimum atomic E-state index is 0.0970. The number of aryl methyl sites for hydroxylation is 2. The van der Waals surface area contributed by atoms with Gasteiger partial charge in [-0.3, -0.25) is 4.79 Å². The molecule has 0 unspecified atom stereocenters. The van der Waals surface area contributed by atoms with Crippen molar-refractivity contribution >= 4 is 11.6 Å². The fraction of sp³-hybridized carbons (Fsp3) is 0.333. The topological polar surface area (TPSA) is 63.4 Å². The zero-order valence-corrected chi connectivity index (χ0v) is 13.9. The van der Waals surface area contributed by atoms with Crippen LogP contribution < -0.4 is 0 Å². The van der Waals surface area contributed by atoms with Gasteiger partial charge in [0.1, 0.15) is 11.5 Å². The Hall–Kier alpha value is -2.76. The number of aromatic nitrogens is 4. The van der Waals surface area contributed by atoms with Crippen molar-refractivity contribution in [1.82, 2.24) is 24.3 Å². The smallest absolute Gasteiger partial charge is 0.229 e. The Bertz CT molecular complexity index is 930. The standard InChI is InChI=1S/C18H19N5O/c1-3-16-19-9-13-10-22(11-14(13)21-16)18(24)8-15-12(2)20-17-6-4-5-7-23(15)17/h4-7,9H,3,8,10-11H2,1-2H3. The Labute approximate surface area is 140 Å². The summed E-state index contributed by atoms with van der Waals surface area (Å²) in [5.74, 6) is 0.931. The molecule has 0 bridgehead atoms. The second kappa shape index (κ2) is 5.70. The number of nitrogens with zero attached hydrogens (tertiary/aromatic N) is 5. The van der Waals surface area contributed by atoms with Crippen LogP contribution in [0.25, 0.3) is 5.65 Å². The fourth-order valence-corrected chi connectivity index (χ4v) is 3.17. The molecule has 1 aliphatic rings. The summed E-state index contributed by atoms with van der Waals surface area (Å²) >= 11 is 0. The van der Waals surface area contributed by atoms with Crippen LogP contribution in [0.5, 0.6) is 0 Å². The first-order valence-corrected chi connectivity index (χ1v) is 8.19. The van der Waals surface area contributed by atoms with Gasteiger partial charge in [-0.05, 0) is 19.1 Å². The number of imidazole rings is 1. The molecule has 3 aromatic heterocycles. The first-order chi connectivity index (χ1) is 11.7. The molecule has 6 nitrogen and oxygen atoms in total. The molecule has 6 heteroatoms. The molecule has 0 saturated heterocycles. The minimum absolute atomic E-state index is 0.0970. The number of hydrogen-bond donors (Lipinski definition) is 0. The Morgan fingerprint density at radius 2 is 2.12 bits per heavy atom. The molecule has 4 heterocycles. The van der Waals surface area contributed by atoms with E-state index in [1.54, 1.807) is 0 Å². The number of amides is 1. The second-order valence-corrected chi connectivity index (χ2v) is 6.11. The molecule has 4 rings (SSSR count). The van der Waals surface area contributed by atoms with Crippen LogP contribution in [0, 0.1) is 6.92 Å². The van der Waals surface area contributed by atoms with Crippen molar-refractivity contribution in [1.29, 1.82) is 0 Å². The van der Waals surface area contributed by atoms with Gasteiger partial charge in [-0.2, -0.15) is 0 Å². The Balaban J connectivity index is 1.56. The van der Waals surface area contributed by atoms with E-state index in [0.717, 1.165) is 40.5 Å². The highest BCUT2D eigenvalue weighted by molar-refractivity contribution is 5.79. The molecule has 3 aromatic rings. The van der Waals surface area contributed by atoms with Gasteiger partial charge in [-0.25, -0.2) is 15.0 Å². The van der Waals surface area contributed by atoms with Gasteiger partial charge in [-0.15, -0.1) is 0 Å². The lowest BCUT2D eigenvalue weighted by Crippen LogP contribution is -2.27. The van der Waals surface area contributed by atoms with Crippen molar-refractivity contribution in [2.75, 3.05) is 0 Å². The molecular formula is C18H19N5O. The number of carbonyl (C=O) groups excluding carboxylic acids is 1. The monoisotopic (exact) mass is 321 g/mol. The molecule has 0 radical (unpaired) electrons. The van der Waals surface area contributed by atoms with Crippen molar-refractivity contribution in [3.63, 3.8) is 0 Å². The summed E-state index contributed by atoms with van der Waals surface area (Å²) in [4.78, 5) is 28.0. The van der Waals surface area contributed by atoms with Gasteiger partial charge in [0, 0.05) is 30.9 Å². The van der Waals surface area contributed by atoms with Gasteiger partial charge < -0.3 is 9.30 Å². The quantitative estimate of drug-likeness (QED) is 0.741. The molecule has 0 saturated carbocycles. The van der Waals surface area contributed by atoms with Gasteiger partial charge in [-0.1, -0.05) is 13.0 Å². The van der Waals surface area contributed by atoms with E-state index in [2.05, 4.69) is 15.0 Å². The van der Waals surface area contributed by atoms with Crippen molar-refractivity contribution in [2.45, 2.75) is 39.8 Å². The van der Waals surface area contributed by atoms with E-state index in [-0.39, 0.29) is 5.91 Å². The Morgan fingerprint density at radius 3 is 2.96 bits per heavy atom. The summed E-state index contributed by atoms with van der Waals surface area (Å²) in [6.07, 6.45) is 4.96. The third-order valence-corrected chi connectivity index (χ3v) is 4.52. The zero-order valence-electron chi connectivity index (χ0n) is 13.9. The highest BCUT2D eigenvalue weighted by Gasteiger charge is 2.26. The molecular weight excluding hydrogens is 302 g/mol. The summed E-state index contributed by atoms with van der Waals surface area (Å²) < 4.78 is 1.99. The molecule has 0 fully saturated rings. The third kappa shape index (κ3) is 2.44. The van der Waals surface area contributed by atoms with Gasteiger partial charge >= 0.3 is 0 Å². The van der Waals surface area contributed by atoms with Crippen molar-refractivity contribution < 1.29 is 4.79 Å². The minimum Gasteiger partial charge on any atom is -0.332 e. The number of fused-ring (bicyclic) bond motifs is 2. The Morgan fingerprint density at radius 1 is 1.25 bits per heavy atom. The Kier molecular flexibility index (Phi) is 3.52. The van der Waals surface area contributed by atoms with Crippen LogP contribution >= 0.6 is 0 Å². The summed E-state index contributed by atoms with van der Waals surface area (Å²) in [7, 11) is 0. The van der Waals surface area contributed by atoms with Crippen molar-refractivity contribution in [3.05, 3.63) is 59.1 Å². The maximum absolute atomic E-state index is 12.8. The van der Waals surface area contributed by atoms with E-state index in [4.69, 9.17) is 0 Å². The van der Waals surface area contributed by atoms with Crippen LogP contribution in [0.2, 0.25) is 0 Å². The molecule has 0 spiro atoms. The number of carbonyl (C=O) groups is 1. The van der Waals surface area contributed by atoms with Crippen LogP contribution in [0.1, 0.15) is 35.4 Å². The average Bonchev–Trinajstić information content (AvgIpc) is 3.15. The molecule has 122 valence electrons. The molecule has 24 heavy (non-hydrogen) atoms. The van der Waals surface area contributed by atoms with Crippen LogP contribution in [-0.4, -0.2) is 30.2 Å². The first-order valence-electron chi connectivity index (χ1n) is 8.19. The van der Waals surface area contributed by atoms with E-state index >= 15 is 0 Å². The molecule has 1 aliphatic heterocycles. The maximum Gasteiger partial charge on any atom is 0.229 e. The summed E-state index contributed by atoms with van der Waals surface area (Å²) in [6, 6.07) is 5.86. The summed E-state index contributed by atoms with van der Waals surface area (Å²) in [5, 5.41) is 0. The fourth-order valence-electron chi connectivity index (χ4n) is 3.17. The molecule has 0 atom stereocenters. The molecule has 0 aromatic carbocycles. The zero-order chi connectivity index (χ0) is 16.7. The number of rotatable bonds is 3.